The van der Waals surface area contributed by atoms with Gasteiger partial charge in [-0.2, -0.15) is 0 Å². The second-order valence-electron chi connectivity index (χ2n) is 7.29. The van der Waals surface area contributed by atoms with E-state index in [4.69, 9.17) is 22.1 Å². The van der Waals surface area contributed by atoms with Crippen molar-refractivity contribution in [2.24, 2.45) is 5.73 Å². The summed E-state index contributed by atoms with van der Waals surface area (Å²) in [5.74, 6) is 0.698. The molecule has 0 atom stereocenters. The van der Waals surface area contributed by atoms with E-state index in [1.165, 1.54) is 6.33 Å². The number of thiazole rings is 1. The summed E-state index contributed by atoms with van der Waals surface area (Å²) in [4.78, 5) is 27.9. The molecule has 0 spiro atoms. The van der Waals surface area contributed by atoms with Crippen LogP contribution >= 0.6 is 22.9 Å². The molecule has 9 nitrogen and oxygen atoms in total. The molecule has 1 aromatic carbocycles. The van der Waals surface area contributed by atoms with E-state index in [1.807, 2.05) is 19.1 Å². The van der Waals surface area contributed by atoms with Gasteiger partial charge in [0.2, 0.25) is 0 Å². The Morgan fingerprint density at radius 2 is 2.06 bits per heavy atom. The monoisotopic (exact) mass is 473 g/mol. The number of nitrogens with two attached hydrogens (primary N) is 1. The molecule has 11 heteroatoms. The van der Waals surface area contributed by atoms with E-state index in [-0.39, 0.29) is 0 Å². The topological polar surface area (TPSA) is 118 Å². The second kappa shape index (κ2) is 10.2. The first-order chi connectivity index (χ1) is 15.5. The third-order valence-corrected chi connectivity index (χ3v) is 6.35. The first kappa shape index (κ1) is 22.4. The maximum atomic E-state index is 12.1. The number of hydrogen-bond acceptors (Lipinski definition) is 9. The Bertz CT molecular complexity index is 1080. The Hall–Kier alpha value is -2.79. The van der Waals surface area contributed by atoms with Gasteiger partial charge in [-0.05, 0) is 18.6 Å². The number of amides is 1. The predicted octanol–water partition coefficient (Wildman–Crippen LogP) is 3.15. The molecular weight excluding hydrogens is 450 g/mol. The molecule has 1 aliphatic rings. The number of rotatable bonds is 8. The molecule has 0 bridgehead atoms. The van der Waals surface area contributed by atoms with E-state index in [2.05, 4.69) is 30.5 Å². The Morgan fingerprint density at radius 1 is 1.28 bits per heavy atom. The first-order valence-corrected chi connectivity index (χ1v) is 11.4. The minimum absolute atomic E-state index is 0.335. The zero-order valence-electron chi connectivity index (χ0n) is 17.6. The predicted molar refractivity (Wildman–Crippen MR) is 127 cm³/mol. The fourth-order valence-corrected chi connectivity index (χ4v) is 4.58. The molecule has 1 aliphatic heterocycles. The van der Waals surface area contributed by atoms with Crippen LogP contribution in [-0.4, -0.2) is 65.2 Å². The van der Waals surface area contributed by atoms with Gasteiger partial charge in [0.15, 0.2) is 5.13 Å². The summed E-state index contributed by atoms with van der Waals surface area (Å²) in [6.07, 6.45) is 1.47. The quantitative estimate of drug-likeness (QED) is 0.456. The number of ether oxygens (including phenoxy) is 1. The Balaban J connectivity index is 1.48. The highest BCUT2D eigenvalue weighted by atomic mass is 35.5. The molecular formula is C21H24ClN7O2S. The molecule has 3 heterocycles. The van der Waals surface area contributed by atoms with Crippen molar-refractivity contribution in [3.63, 3.8) is 0 Å². The number of nitrogens with one attached hydrogen (secondary N) is 2. The number of benzene rings is 1. The van der Waals surface area contributed by atoms with Crippen LogP contribution in [-0.2, 0) is 4.74 Å². The average Bonchev–Trinajstić information content (AvgIpc) is 3.18. The summed E-state index contributed by atoms with van der Waals surface area (Å²) in [6, 6.07) is 7.33. The van der Waals surface area contributed by atoms with Gasteiger partial charge in [0.05, 0.1) is 23.9 Å². The minimum atomic E-state index is -0.557. The summed E-state index contributed by atoms with van der Waals surface area (Å²) in [6.45, 7) is 7.02. The minimum Gasteiger partial charge on any atom is -0.379 e. The third-order valence-electron chi connectivity index (χ3n) is 5.05. The number of hydrogen-bond donors (Lipinski definition) is 3. The van der Waals surface area contributed by atoms with Gasteiger partial charge >= 0.3 is 0 Å². The normalized spacial score (nSPS) is 14.3. The van der Waals surface area contributed by atoms with Gasteiger partial charge in [-0.25, -0.2) is 15.0 Å². The van der Waals surface area contributed by atoms with Crippen LogP contribution in [0, 0.1) is 6.92 Å². The smallest absolute Gasteiger partial charge is 0.261 e. The molecule has 168 valence electrons. The second-order valence-corrected chi connectivity index (χ2v) is 8.69. The van der Waals surface area contributed by atoms with Crippen molar-refractivity contribution in [3.8, 4) is 11.3 Å². The fraction of sp³-hybridized carbons (Fsp3) is 0.333. The molecule has 1 fully saturated rings. The van der Waals surface area contributed by atoms with Crippen molar-refractivity contribution in [3.05, 3.63) is 46.1 Å². The number of carbonyl (C=O) groups is 1. The van der Waals surface area contributed by atoms with Crippen LogP contribution in [0.1, 0.15) is 15.2 Å². The molecule has 1 saturated heterocycles. The standard InChI is InChI=1S/C21H24ClN7O2S/c1-13-3-2-4-14(22)17(13)18-19(20(23)30)32-21(28-18)27-16-11-15(25-12-26-16)24-5-6-29-7-9-31-10-8-29/h2-4,11-12H,5-10H2,1H3,(H2,23,30)(H2,24,25,26,27,28). The van der Waals surface area contributed by atoms with Crippen LogP contribution in [0.5, 0.6) is 0 Å². The zero-order valence-corrected chi connectivity index (χ0v) is 19.2. The van der Waals surface area contributed by atoms with E-state index in [1.54, 1.807) is 12.1 Å². The van der Waals surface area contributed by atoms with Crippen LogP contribution in [0.2, 0.25) is 5.02 Å². The molecule has 0 aliphatic carbocycles. The first-order valence-electron chi connectivity index (χ1n) is 10.2. The van der Waals surface area contributed by atoms with Crippen LogP contribution in [0.3, 0.4) is 0 Å². The van der Waals surface area contributed by atoms with Gasteiger partial charge < -0.3 is 21.1 Å². The highest BCUT2D eigenvalue weighted by Crippen LogP contribution is 2.37. The number of anilines is 3. The maximum Gasteiger partial charge on any atom is 0.261 e. The van der Waals surface area contributed by atoms with Crippen LogP contribution in [0.25, 0.3) is 11.3 Å². The van der Waals surface area contributed by atoms with Gasteiger partial charge in [0.1, 0.15) is 22.8 Å². The fourth-order valence-electron chi connectivity index (χ4n) is 3.44. The van der Waals surface area contributed by atoms with Crippen LogP contribution < -0.4 is 16.4 Å². The SMILES string of the molecule is Cc1cccc(Cl)c1-c1nc(Nc2cc(NCCN3CCOCC3)ncn2)sc1C(N)=O. The van der Waals surface area contributed by atoms with Crippen molar-refractivity contribution < 1.29 is 9.53 Å². The average molecular weight is 474 g/mol. The highest BCUT2D eigenvalue weighted by molar-refractivity contribution is 7.18. The largest absolute Gasteiger partial charge is 0.379 e. The number of aryl methyl sites for hydroxylation is 1. The molecule has 3 aromatic rings. The third kappa shape index (κ3) is 5.33. The zero-order chi connectivity index (χ0) is 22.5. The number of carbonyl (C=O) groups excluding carboxylic acids is 1. The lowest BCUT2D eigenvalue weighted by atomic mass is 10.0. The number of nitrogens with zero attached hydrogens (tertiary/aromatic N) is 4. The molecule has 4 N–H and O–H groups in total. The summed E-state index contributed by atoms with van der Waals surface area (Å²) < 4.78 is 5.37. The van der Waals surface area contributed by atoms with Crippen LogP contribution in [0.4, 0.5) is 16.8 Å². The van der Waals surface area contributed by atoms with E-state index in [9.17, 15) is 4.79 Å². The molecule has 32 heavy (non-hydrogen) atoms. The lowest BCUT2D eigenvalue weighted by Gasteiger charge is -2.26. The molecule has 0 radical (unpaired) electrons. The van der Waals surface area contributed by atoms with Gasteiger partial charge in [-0.3, -0.25) is 9.69 Å². The summed E-state index contributed by atoms with van der Waals surface area (Å²) in [5.41, 5.74) is 7.68. The van der Waals surface area contributed by atoms with Crippen molar-refractivity contribution in [1.29, 1.82) is 0 Å². The van der Waals surface area contributed by atoms with E-state index < -0.39 is 5.91 Å². The van der Waals surface area contributed by atoms with Crippen LogP contribution in [0.15, 0.2) is 30.6 Å². The summed E-state index contributed by atoms with van der Waals surface area (Å²) in [5, 5.41) is 7.46. The lowest BCUT2D eigenvalue weighted by Crippen LogP contribution is -2.39. The van der Waals surface area contributed by atoms with Crippen molar-refractivity contribution in [2.45, 2.75) is 6.92 Å². The van der Waals surface area contributed by atoms with E-state index in [0.29, 0.717) is 37.9 Å². The molecule has 2 aromatic heterocycles. The maximum absolute atomic E-state index is 12.1. The Labute approximate surface area is 195 Å². The summed E-state index contributed by atoms with van der Waals surface area (Å²) in [7, 11) is 0. The van der Waals surface area contributed by atoms with Gasteiger partial charge in [-0.15, -0.1) is 0 Å². The molecule has 1 amide bonds. The van der Waals surface area contributed by atoms with Crippen molar-refractivity contribution in [1.82, 2.24) is 19.9 Å². The Kier molecular flexibility index (Phi) is 7.15. The van der Waals surface area contributed by atoms with Gasteiger partial charge in [-0.1, -0.05) is 35.1 Å². The van der Waals surface area contributed by atoms with Crippen molar-refractivity contribution >= 4 is 45.6 Å². The molecule has 0 saturated carbocycles. The Morgan fingerprint density at radius 3 is 2.81 bits per heavy atom. The molecule has 0 unspecified atom stereocenters. The van der Waals surface area contributed by atoms with E-state index >= 15 is 0 Å². The van der Waals surface area contributed by atoms with E-state index in [0.717, 1.165) is 56.3 Å². The summed E-state index contributed by atoms with van der Waals surface area (Å²) >= 11 is 7.55. The number of primary amides is 1. The number of aromatic nitrogens is 3. The van der Waals surface area contributed by atoms with Gasteiger partial charge in [0.25, 0.3) is 5.91 Å². The lowest BCUT2D eigenvalue weighted by molar-refractivity contribution is 0.0398. The van der Waals surface area contributed by atoms with Crippen molar-refractivity contribution in [2.75, 3.05) is 50.0 Å². The molecule has 4 rings (SSSR count). The van der Waals surface area contributed by atoms with Gasteiger partial charge in [0, 0.05) is 37.8 Å². The number of halogens is 1. The number of morpholine rings is 1. The highest BCUT2D eigenvalue weighted by Gasteiger charge is 2.21.